The van der Waals surface area contributed by atoms with Gasteiger partial charge >= 0.3 is 0 Å². The highest BCUT2D eigenvalue weighted by Gasteiger charge is 2.26. The van der Waals surface area contributed by atoms with Gasteiger partial charge in [0.2, 0.25) is 0 Å². The lowest BCUT2D eigenvalue weighted by atomic mass is 9.74. The number of hydrogen-bond acceptors (Lipinski definition) is 0. The Bertz CT molecular complexity index is 761. The lowest BCUT2D eigenvalue weighted by molar-refractivity contribution is 0.263. The van der Waals surface area contributed by atoms with E-state index >= 15 is 0 Å². The first-order valence-electron chi connectivity index (χ1n) is 12.5. The smallest absolute Gasteiger partial charge is 0.0922 e. The normalized spacial score (nSPS) is 27.1. The van der Waals surface area contributed by atoms with Gasteiger partial charge in [0.15, 0.2) is 0 Å². The number of aryl methyl sites for hydroxylation is 1. The molecule has 4 rings (SSSR count). The first-order valence-corrected chi connectivity index (χ1v) is 12.5. The summed E-state index contributed by atoms with van der Waals surface area (Å²) in [5, 5.41) is 0. The minimum Gasteiger partial charge on any atom is -0.251 e. The fraction of sp³-hybridized carbons (Fsp3) is 0.586. The van der Waals surface area contributed by atoms with E-state index in [1.54, 1.807) is 11.1 Å². The summed E-state index contributed by atoms with van der Waals surface area (Å²) in [7, 11) is 0. The summed E-state index contributed by atoms with van der Waals surface area (Å²) in [4.78, 5) is 0. The number of rotatable bonds is 7. The predicted octanol–water partition coefficient (Wildman–Crippen LogP) is 8.71. The van der Waals surface area contributed by atoms with Crippen LogP contribution in [0.15, 0.2) is 48.5 Å². The van der Waals surface area contributed by atoms with Crippen LogP contribution in [-0.4, -0.2) is 6.67 Å². The van der Waals surface area contributed by atoms with Crippen LogP contribution in [0.25, 0.3) is 0 Å². The first-order chi connectivity index (χ1) is 14.8. The van der Waals surface area contributed by atoms with Crippen molar-refractivity contribution in [3.63, 3.8) is 0 Å². The maximum absolute atomic E-state index is 12.9. The maximum Gasteiger partial charge on any atom is 0.0922 e. The minimum absolute atomic E-state index is 0.128. The van der Waals surface area contributed by atoms with Gasteiger partial charge in [0.05, 0.1) is 6.67 Å². The highest BCUT2D eigenvalue weighted by Crippen LogP contribution is 2.42. The highest BCUT2D eigenvalue weighted by atomic mass is 19.1. The van der Waals surface area contributed by atoms with Crippen molar-refractivity contribution in [2.24, 2.45) is 5.92 Å². The molecule has 2 aliphatic carbocycles. The highest BCUT2D eigenvalue weighted by molar-refractivity contribution is 5.32. The van der Waals surface area contributed by atoms with E-state index in [-0.39, 0.29) is 6.67 Å². The standard InChI is InChI=1S/C29H39F/c1-2-3-6-27-7-4-5-8-29(27)28-19-17-26(18-20-28)25-15-13-24(14-16-25)23-11-9-22(21-30)10-12-23/h4-5,7-8,13-16,22-23,26,28H,2-3,6,9-12,17-21H2,1H3/t22-,23-,26-,28-. The van der Waals surface area contributed by atoms with Crippen LogP contribution in [0.5, 0.6) is 0 Å². The van der Waals surface area contributed by atoms with Gasteiger partial charge < -0.3 is 0 Å². The molecule has 0 nitrogen and oxygen atoms in total. The number of unbranched alkanes of at least 4 members (excludes halogenated alkanes) is 1. The summed E-state index contributed by atoms with van der Waals surface area (Å²) < 4.78 is 12.9. The topological polar surface area (TPSA) is 0 Å². The van der Waals surface area contributed by atoms with Crippen molar-refractivity contribution in [3.05, 3.63) is 70.8 Å². The molecule has 2 aliphatic rings. The molecule has 0 aromatic heterocycles. The third kappa shape index (κ3) is 5.16. The van der Waals surface area contributed by atoms with Crippen LogP contribution >= 0.6 is 0 Å². The van der Waals surface area contributed by atoms with E-state index < -0.39 is 0 Å². The molecule has 0 saturated heterocycles. The Labute approximate surface area is 183 Å². The van der Waals surface area contributed by atoms with Gasteiger partial charge in [-0.1, -0.05) is 61.9 Å². The largest absolute Gasteiger partial charge is 0.251 e. The van der Waals surface area contributed by atoms with Crippen molar-refractivity contribution in [2.75, 3.05) is 6.67 Å². The van der Waals surface area contributed by atoms with Gasteiger partial charge in [-0.05, 0) is 110 Å². The lowest BCUT2D eigenvalue weighted by Crippen LogP contribution is -2.15. The number of benzene rings is 2. The molecular formula is C29H39F. The Kier molecular flexibility index (Phi) is 7.63. The molecule has 0 aliphatic heterocycles. The summed E-state index contributed by atoms with van der Waals surface area (Å²) >= 11 is 0. The summed E-state index contributed by atoms with van der Waals surface area (Å²) in [6.07, 6.45) is 13.5. The average Bonchev–Trinajstić information content (AvgIpc) is 2.83. The second-order valence-electron chi connectivity index (χ2n) is 9.89. The van der Waals surface area contributed by atoms with Crippen LogP contribution in [0.1, 0.15) is 111 Å². The average molecular weight is 407 g/mol. The molecule has 0 spiro atoms. The Hall–Kier alpha value is -1.63. The Morgan fingerprint density at radius 3 is 1.80 bits per heavy atom. The van der Waals surface area contributed by atoms with Gasteiger partial charge in [-0.2, -0.15) is 0 Å². The second-order valence-corrected chi connectivity index (χ2v) is 9.89. The maximum atomic E-state index is 12.9. The van der Waals surface area contributed by atoms with Gasteiger partial charge in [-0.15, -0.1) is 0 Å². The molecule has 2 aromatic carbocycles. The molecule has 1 heteroatoms. The van der Waals surface area contributed by atoms with Gasteiger partial charge in [0.25, 0.3) is 0 Å². The quantitative estimate of drug-likeness (QED) is 0.431. The van der Waals surface area contributed by atoms with Crippen molar-refractivity contribution in [1.29, 1.82) is 0 Å². The fourth-order valence-electron chi connectivity index (χ4n) is 5.96. The van der Waals surface area contributed by atoms with Crippen LogP contribution < -0.4 is 0 Å². The number of halogens is 1. The molecular weight excluding hydrogens is 367 g/mol. The van der Waals surface area contributed by atoms with Crippen LogP contribution in [0.4, 0.5) is 4.39 Å². The summed E-state index contributed by atoms with van der Waals surface area (Å²) in [6.45, 7) is 2.16. The third-order valence-electron chi connectivity index (χ3n) is 7.97. The summed E-state index contributed by atoms with van der Waals surface area (Å²) in [5.74, 6) is 2.44. The van der Waals surface area contributed by atoms with Crippen molar-refractivity contribution in [2.45, 2.75) is 95.3 Å². The molecule has 2 fully saturated rings. The van der Waals surface area contributed by atoms with E-state index in [1.807, 2.05) is 0 Å². The lowest BCUT2D eigenvalue weighted by Gasteiger charge is -2.31. The van der Waals surface area contributed by atoms with Crippen LogP contribution in [0.3, 0.4) is 0 Å². The number of hydrogen-bond donors (Lipinski definition) is 0. The monoisotopic (exact) mass is 406 g/mol. The van der Waals surface area contributed by atoms with Crippen LogP contribution in [0.2, 0.25) is 0 Å². The minimum atomic E-state index is -0.128. The molecule has 162 valence electrons. The van der Waals surface area contributed by atoms with Gasteiger partial charge in [0, 0.05) is 0 Å². The van der Waals surface area contributed by atoms with E-state index in [0.29, 0.717) is 11.8 Å². The van der Waals surface area contributed by atoms with Gasteiger partial charge in [-0.3, -0.25) is 4.39 Å². The SMILES string of the molecule is CCCCc1ccccc1[C@H]1CC[C@H](c2ccc([C@H]3CC[C@H](CF)CC3)cc2)CC1. The second kappa shape index (κ2) is 10.6. The van der Waals surface area contributed by atoms with Gasteiger partial charge in [-0.25, -0.2) is 0 Å². The van der Waals surface area contributed by atoms with Gasteiger partial charge in [0.1, 0.15) is 0 Å². The molecule has 0 radical (unpaired) electrons. The zero-order valence-corrected chi connectivity index (χ0v) is 18.8. The molecule has 0 amide bonds. The van der Waals surface area contributed by atoms with Crippen molar-refractivity contribution in [1.82, 2.24) is 0 Å². The molecule has 0 bridgehead atoms. The molecule has 0 N–H and O–H groups in total. The predicted molar refractivity (Wildman–Crippen MR) is 126 cm³/mol. The molecule has 0 atom stereocenters. The van der Waals surface area contributed by atoms with E-state index in [2.05, 4.69) is 55.5 Å². The van der Waals surface area contributed by atoms with E-state index in [9.17, 15) is 4.39 Å². The molecule has 0 heterocycles. The zero-order valence-electron chi connectivity index (χ0n) is 18.8. The van der Waals surface area contributed by atoms with Crippen molar-refractivity contribution in [3.8, 4) is 0 Å². The fourth-order valence-corrected chi connectivity index (χ4v) is 5.96. The molecule has 0 unspecified atom stereocenters. The number of alkyl halides is 1. The third-order valence-corrected chi connectivity index (χ3v) is 7.97. The Morgan fingerprint density at radius 2 is 1.23 bits per heavy atom. The summed E-state index contributed by atoms with van der Waals surface area (Å²) in [5.41, 5.74) is 6.24. The zero-order chi connectivity index (χ0) is 20.8. The molecule has 2 saturated carbocycles. The molecule has 2 aromatic rings. The van der Waals surface area contributed by atoms with Crippen molar-refractivity contribution < 1.29 is 4.39 Å². The van der Waals surface area contributed by atoms with E-state index in [4.69, 9.17) is 0 Å². The molecule has 30 heavy (non-hydrogen) atoms. The van der Waals surface area contributed by atoms with Crippen LogP contribution in [0, 0.1) is 5.92 Å². The summed E-state index contributed by atoms with van der Waals surface area (Å²) in [6, 6.07) is 18.7. The van der Waals surface area contributed by atoms with E-state index in [0.717, 1.165) is 37.5 Å². The Balaban J connectivity index is 1.33. The van der Waals surface area contributed by atoms with Crippen molar-refractivity contribution >= 4 is 0 Å². The van der Waals surface area contributed by atoms with E-state index in [1.165, 1.54) is 56.1 Å². The van der Waals surface area contributed by atoms with Crippen LogP contribution in [-0.2, 0) is 6.42 Å². The Morgan fingerprint density at radius 1 is 0.700 bits per heavy atom. The first kappa shape index (κ1) is 21.6.